The Balaban J connectivity index is 1.59. The van der Waals surface area contributed by atoms with Gasteiger partial charge in [0.15, 0.2) is 12.0 Å². The van der Waals surface area contributed by atoms with E-state index in [4.69, 9.17) is 19.0 Å². The Kier molecular flexibility index (Phi) is 4.43. The molecule has 142 valence electrons. The molecule has 10 nitrogen and oxygen atoms in total. The Bertz CT molecular complexity index is 798. The van der Waals surface area contributed by atoms with Crippen molar-refractivity contribution in [2.24, 2.45) is 0 Å². The predicted molar refractivity (Wildman–Crippen MR) is 85.9 cm³/mol. The fraction of sp³-hybridized carbons (Fsp3) is 0.688. The van der Waals surface area contributed by atoms with Crippen LogP contribution in [0.2, 0.25) is 0 Å². The average Bonchev–Trinajstić information content (AvgIpc) is 3.26. The van der Waals surface area contributed by atoms with Crippen molar-refractivity contribution in [3.8, 4) is 0 Å². The second-order valence-electron chi connectivity index (χ2n) is 6.83. The minimum atomic E-state index is -0.754. The van der Waals surface area contributed by atoms with Gasteiger partial charge < -0.3 is 14.2 Å². The van der Waals surface area contributed by atoms with Crippen LogP contribution in [0, 0.1) is 0 Å². The number of ether oxygens (including phenoxy) is 3. The molecular weight excluding hydrogens is 346 g/mol. The second kappa shape index (κ2) is 6.62. The molecule has 4 atom stereocenters. The van der Waals surface area contributed by atoms with E-state index in [0.717, 1.165) is 25.7 Å². The Hall–Kier alpha value is -2.01. The van der Waals surface area contributed by atoms with E-state index >= 15 is 0 Å². The molecule has 2 N–H and O–H groups in total. The first-order valence-corrected chi connectivity index (χ1v) is 8.68. The van der Waals surface area contributed by atoms with Gasteiger partial charge in [-0.2, -0.15) is 0 Å². The number of fused-ring (bicyclic) bond motifs is 1. The number of carbonyl (C=O) groups excluding carboxylic acids is 1. The summed E-state index contributed by atoms with van der Waals surface area (Å²) in [5, 5.41) is 0. The first-order chi connectivity index (χ1) is 12.5. The molecule has 1 amide bonds. The SMILES string of the molecule is CC(=O)NOC[C@H]1O[C@@H](n2ccc(=O)[nH]c2=O)[C@@H]2OC3(CCCC3)O[C@@H]21. The maximum atomic E-state index is 12.2. The van der Waals surface area contributed by atoms with Gasteiger partial charge in [-0.1, -0.05) is 0 Å². The van der Waals surface area contributed by atoms with E-state index in [9.17, 15) is 14.4 Å². The maximum absolute atomic E-state index is 12.2. The molecule has 2 aliphatic heterocycles. The van der Waals surface area contributed by atoms with E-state index in [1.54, 1.807) is 0 Å². The number of amides is 1. The van der Waals surface area contributed by atoms with Gasteiger partial charge in [-0.25, -0.2) is 10.3 Å². The molecule has 4 rings (SSSR count). The highest BCUT2D eigenvalue weighted by molar-refractivity contribution is 5.71. The van der Waals surface area contributed by atoms with Gasteiger partial charge >= 0.3 is 5.69 Å². The fourth-order valence-corrected chi connectivity index (χ4v) is 3.86. The van der Waals surface area contributed by atoms with Crippen molar-refractivity contribution in [1.82, 2.24) is 15.0 Å². The van der Waals surface area contributed by atoms with Crippen LogP contribution in [0.25, 0.3) is 0 Å². The highest BCUT2D eigenvalue weighted by atomic mass is 16.8. The van der Waals surface area contributed by atoms with E-state index < -0.39 is 41.6 Å². The van der Waals surface area contributed by atoms with Crippen LogP contribution < -0.4 is 16.7 Å². The second-order valence-corrected chi connectivity index (χ2v) is 6.83. The van der Waals surface area contributed by atoms with Crippen molar-refractivity contribution in [3.05, 3.63) is 33.1 Å². The topological polar surface area (TPSA) is 121 Å². The van der Waals surface area contributed by atoms with Gasteiger partial charge in [-0.05, 0) is 12.8 Å². The van der Waals surface area contributed by atoms with Gasteiger partial charge in [0, 0.05) is 32.0 Å². The molecule has 0 bridgehead atoms. The normalized spacial score (nSPS) is 32.0. The Morgan fingerprint density at radius 3 is 2.77 bits per heavy atom. The molecule has 2 saturated heterocycles. The number of H-pyrrole nitrogens is 1. The molecule has 3 heterocycles. The summed E-state index contributed by atoms with van der Waals surface area (Å²) in [4.78, 5) is 41.9. The number of aromatic amines is 1. The van der Waals surface area contributed by atoms with Gasteiger partial charge in [-0.15, -0.1) is 0 Å². The first-order valence-electron chi connectivity index (χ1n) is 8.68. The number of nitrogens with zero attached hydrogens (tertiary/aromatic N) is 1. The van der Waals surface area contributed by atoms with Crippen molar-refractivity contribution < 1.29 is 23.8 Å². The smallest absolute Gasteiger partial charge is 0.330 e. The minimum Gasteiger partial charge on any atom is -0.346 e. The van der Waals surface area contributed by atoms with Crippen molar-refractivity contribution in [2.75, 3.05) is 6.61 Å². The first kappa shape index (κ1) is 17.4. The lowest BCUT2D eigenvalue weighted by molar-refractivity contribution is -0.219. The molecule has 0 radical (unpaired) electrons. The van der Waals surface area contributed by atoms with Crippen molar-refractivity contribution in [1.29, 1.82) is 0 Å². The molecule has 1 saturated carbocycles. The zero-order valence-corrected chi connectivity index (χ0v) is 14.3. The maximum Gasteiger partial charge on any atom is 0.330 e. The van der Waals surface area contributed by atoms with Crippen molar-refractivity contribution in [2.45, 2.75) is 62.9 Å². The number of nitrogens with one attached hydrogen (secondary N) is 2. The summed E-state index contributed by atoms with van der Waals surface area (Å²) >= 11 is 0. The lowest BCUT2D eigenvalue weighted by Gasteiger charge is -2.27. The molecule has 1 aliphatic carbocycles. The van der Waals surface area contributed by atoms with Crippen LogP contribution in [0.15, 0.2) is 21.9 Å². The van der Waals surface area contributed by atoms with E-state index in [1.165, 1.54) is 23.8 Å². The molecule has 0 unspecified atom stereocenters. The van der Waals surface area contributed by atoms with Gasteiger partial charge in [0.2, 0.25) is 5.91 Å². The molecule has 0 aromatic carbocycles. The largest absolute Gasteiger partial charge is 0.346 e. The van der Waals surface area contributed by atoms with Gasteiger partial charge in [-0.3, -0.25) is 24.0 Å². The number of rotatable bonds is 4. The Morgan fingerprint density at radius 2 is 2.08 bits per heavy atom. The number of aromatic nitrogens is 2. The lowest BCUT2D eigenvalue weighted by Crippen LogP contribution is -2.37. The van der Waals surface area contributed by atoms with E-state index in [-0.39, 0.29) is 12.5 Å². The van der Waals surface area contributed by atoms with Gasteiger partial charge in [0.1, 0.15) is 24.9 Å². The van der Waals surface area contributed by atoms with Crippen molar-refractivity contribution in [3.63, 3.8) is 0 Å². The van der Waals surface area contributed by atoms with Crippen LogP contribution in [-0.4, -0.2) is 46.2 Å². The molecule has 3 aliphatic rings. The summed E-state index contributed by atoms with van der Waals surface area (Å²) in [6.45, 7) is 1.39. The minimum absolute atomic E-state index is 0.0504. The molecule has 26 heavy (non-hydrogen) atoms. The number of hydroxylamine groups is 1. The third-order valence-electron chi connectivity index (χ3n) is 4.94. The number of hydrogen-bond acceptors (Lipinski definition) is 7. The van der Waals surface area contributed by atoms with Crippen LogP contribution in [0.3, 0.4) is 0 Å². The highest BCUT2D eigenvalue weighted by Crippen LogP contribution is 2.48. The molecule has 1 aromatic rings. The van der Waals surface area contributed by atoms with Gasteiger partial charge in [0.25, 0.3) is 5.56 Å². The van der Waals surface area contributed by atoms with Crippen LogP contribution in [0.4, 0.5) is 0 Å². The summed E-state index contributed by atoms with van der Waals surface area (Å²) in [7, 11) is 0. The lowest BCUT2D eigenvalue weighted by atomic mass is 10.1. The third kappa shape index (κ3) is 3.09. The summed E-state index contributed by atoms with van der Waals surface area (Å²) in [6.07, 6.45) is 2.73. The quantitative estimate of drug-likeness (QED) is 0.692. The summed E-state index contributed by atoms with van der Waals surface area (Å²) in [6, 6.07) is 1.25. The molecule has 1 spiro atoms. The molecule has 3 fully saturated rings. The van der Waals surface area contributed by atoms with Crippen LogP contribution in [0.1, 0.15) is 38.8 Å². The van der Waals surface area contributed by atoms with E-state index in [2.05, 4.69) is 10.5 Å². The summed E-state index contributed by atoms with van der Waals surface area (Å²) in [5.74, 6) is -0.987. The average molecular weight is 367 g/mol. The predicted octanol–water partition coefficient (Wildman–Crippen LogP) is -0.444. The summed E-state index contributed by atoms with van der Waals surface area (Å²) in [5.41, 5.74) is 1.19. The van der Waals surface area contributed by atoms with E-state index in [1.807, 2.05) is 0 Å². The third-order valence-corrected chi connectivity index (χ3v) is 4.94. The van der Waals surface area contributed by atoms with Crippen LogP contribution >= 0.6 is 0 Å². The standard InChI is InChI=1S/C16H21N3O7/c1-9(20)18-23-8-10-12-13(26-16(25-12)5-2-3-6-16)14(24-10)19-7-4-11(21)17-15(19)22/h4,7,10,12-14H,2-3,5-6,8H2,1H3,(H,18,20)(H,17,21,22)/t10-,12-,13-,14-/m1/s1. The Morgan fingerprint density at radius 1 is 1.35 bits per heavy atom. The number of carbonyl (C=O) groups is 1. The Labute approximate surface area is 148 Å². The molecule has 1 aromatic heterocycles. The van der Waals surface area contributed by atoms with Gasteiger partial charge in [0.05, 0.1) is 0 Å². The molecule has 10 heteroatoms. The number of hydrogen-bond donors (Lipinski definition) is 2. The zero-order chi connectivity index (χ0) is 18.3. The zero-order valence-electron chi connectivity index (χ0n) is 14.3. The van der Waals surface area contributed by atoms with Crippen molar-refractivity contribution >= 4 is 5.91 Å². The monoisotopic (exact) mass is 367 g/mol. The van der Waals surface area contributed by atoms with Crippen LogP contribution in [0.5, 0.6) is 0 Å². The van der Waals surface area contributed by atoms with Crippen LogP contribution in [-0.2, 0) is 23.8 Å². The fourth-order valence-electron chi connectivity index (χ4n) is 3.86. The molecular formula is C16H21N3O7. The summed E-state index contributed by atoms with van der Waals surface area (Å²) < 4.78 is 19.6. The van der Waals surface area contributed by atoms with E-state index in [0.29, 0.717) is 0 Å². The highest BCUT2D eigenvalue weighted by Gasteiger charge is 2.59.